The highest BCUT2D eigenvalue weighted by molar-refractivity contribution is 7.99. The van der Waals surface area contributed by atoms with E-state index in [1.54, 1.807) is 11.8 Å². The molecule has 0 aromatic heterocycles. The van der Waals surface area contributed by atoms with Crippen LogP contribution in [0.25, 0.3) is 0 Å². The average Bonchev–Trinajstić information content (AvgIpc) is 2.41. The van der Waals surface area contributed by atoms with Crippen LogP contribution in [0.2, 0.25) is 0 Å². The van der Waals surface area contributed by atoms with E-state index in [4.69, 9.17) is 0 Å². The largest absolute Gasteiger partial charge is 0.469 e. The molecule has 0 aliphatic carbocycles. The monoisotopic (exact) mass is 281 g/mol. The van der Waals surface area contributed by atoms with Gasteiger partial charge in [0.05, 0.1) is 7.11 Å². The number of methoxy groups -OCH3 is 1. The summed E-state index contributed by atoms with van der Waals surface area (Å²) < 4.78 is 4.62. The van der Waals surface area contributed by atoms with Crippen LogP contribution in [0, 0.1) is 0 Å². The molecule has 0 atom stereocenters. The molecule has 106 valence electrons. The van der Waals surface area contributed by atoms with Gasteiger partial charge in [-0.25, -0.2) is 0 Å². The predicted octanol–water partition coefficient (Wildman–Crippen LogP) is 3.23. The lowest BCUT2D eigenvalue weighted by Gasteiger charge is -2.09. The highest BCUT2D eigenvalue weighted by atomic mass is 32.2. The fourth-order valence-electron chi connectivity index (χ4n) is 1.58. The van der Waals surface area contributed by atoms with Gasteiger partial charge in [-0.05, 0) is 29.9 Å². The van der Waals surface area contributed by atoms with Crippen molar-refractivity contribution in [2.45, 2.75) is 44.2 Å². The molecule has 0 amide bonds. The maximum absolute atomic E-state index is 11.0. The number of benzene rings is 1. The number of thioether (sulfide) groups is 1. The minimum atomic E-state index is -0.129. The summed E-state index contributed by atoms with van der Waals surface area (Å²) in [7, 11) is 1.43. The van der Waals surface area contributed by atoms with Crippen LogP contribution in [-0.4, -0.2) is 24.9 Å². The Balaban J connectivity index is 2.33. The molecule has 0 aliphatic rings. The number of esters is 1. The van der Waals surface area contributed by atoms with Crippen LogP contribution in [-0.2, 0) is 16.1 Å². The molecule has 1 aromatic carbocycles. The smallest absolute Gasteiger partial charge is 0.305 e. The SMILES string of the molecule is COC(=O)CCCSc1cccc(CNC(C)C)c1. The van der Waals surface area contributed by atoms with Gasteiger partial charge in [-0.3, -0.25) is 4.79 Å². The maximum atomic E-state index is 11.0. The molecule has 0 fully saturated rings. The average molecular weight is 281 g/mol. The lowest BCUT2D eigenvalue weighted by atomic mass is 10.2. The second-order valence-corrected chi connectivity index (χ2v) is 5.88. The van der Waals surface area contributed by atoms with Crippen molar-refractivity contribution >= 4 is 17.7 Å². The molecule has 1 aromatic rings. The zero-order valence-corrected chi connectivity index (χ0v) is 12.8. The zero-order chi connectivity index (χ0) is 14.1. The van der Waals surface area contributed by atoms with Crippen LogP contribution in [0.3, 0.4) is 0 Å². The summed E-state index contributed by atoms with van der Waals surface area (Å²) in [6, 6.07) is 9.03. The van der Waals surface area contributed by atoms with Crippen LogP contribution in [0.1, 0.15) is 32.3 Å². The molecule has 3 nitrogen and oxygen atoms in total. The minimum Gasteiger partial charge on any atom is -0.469 e. The number of carbonyl (C=O) groups is 1. The summed E-state index contributed by atoms with van der Waals surface area (Å²) in [5.74, 6) is 0.811. The highest BCUT2D eigenvalue weighted by Crippen LogP contribution is 2.20. The Labute approximate surface area is 120 Å². The number of ether oxygens (including phenoxy) is 1. The van der Waals surface area contributed by atoms with Crippen molar-refractivity contribution in [3.05, 3.63) is 29.8 Å². The Kier molecular flexibility index (Phi) is 7.60. The van der Waals surface area contributed by atoms with Gasteiger partial charge in [0.25, 0.3) is 0 Å². The van der Waals surface area contributed by atoms with Crippen LogP contribution < -0.4 is 5.32 Å². The number of hydrogen-bond donors (Lipinski definition) is 1. The topological polar surface area (TPSA) is 38.3 Å². The van der Waals surface area contributed by atoms with Crippen LogP contribution in [0.5, 0.6) is 0 Å². The molecule has 0 unspecified atom stereocenters. The van der Waals surface area contributed by atoms with E-state index in [0.717, 1.165) is 18.7 Å². The Morgan fingerprint density at radius 1 is 1.42 bits per heavy atom. The van der Waals surface area contributed by atoms with E-state index in [1.807, 2.05) is 0 Å². The molecule has 0 bridgehead atoms. The third-order valence-electron chi connectivity index (χ3n) is 2.63. The summed E-state index contributed by atoms with van der Waals surface area (Å²) in [5.41, 5.74) is 1.30. The number of nitrogens with one attached hydrogen (secondary N) is 1. The molecule has 19 heavy (non-hydrogen) atoms. The summed E-state index contributed by atoms with van der Waals surface area (Å²) >= 11 is 1.79. The molecular weight excluding hydrogens is 258 g/mol. The molecule has 0 heterocycles. The minimum absolute atomic E-state index is 0.129. The third-order valence-corrected chi connectivity index (χ3v) is 3.71. The van der Waals surface area contributed by atoms with Crippen molar-refractivity contribution < 1.29 is 9.53 Å². The molecule has 0 saturated heterocycles. The first-order chi connectivity index (χ1) is 9.11. The molecule has 0 radical (unpaired) electrons. The van der Waals surface area contributed by atoms with E-state index < -0.39 is 0 Å². The standard InChI is InChI=1S/C15H23NO2S/c1-12(2)16-11-13-6-4-7-14(10-13)19-9-5-8-15(17)18-3/h4,6-7,10,12,16H,5,8-9,11H2,1-3H3. The van der Waals surface area contributed by atoms with E-state index in [2.05, 4.69) is 48.2 Å². The first-order valence-corrected chi connectivity index (χ1v) is 7.62. The van der Waals surface area contributed by atoms with E-state index in [9.17, 15) is 4.79 Å². The lowest BCUT2D eigenvalue weighted by molar-refractivity contribution is -0.140. The fourth-order valence-corrected chi connectivity index (χ4v) is 2.51. The highest BCUT2D eigenvalue weighted by Gasteiger charge is 2.01. The van der Waals surface area contributed by atoms with Crippen LogP contribution in [0.15, 0.2) is 29.2 Å². The van der Waals surface area contributed by atoms with Gasteiger partial charge in [0.1, 0.15) is 0 Å². The Morgan fingerprint density at radius 2 is 2.21 bits per heavy atom. The van der Waals surface area contributed by atoms with Gasteiger partial charge in [0.15, 0.2) is 0 Å². The van der Waals surface area contributed by atoms with E-state index in [-0.39, 0.29) is 5.97 Å². The number of carbonyl (C=O) groups excluding carboxylic acids is 1. The van der Waals surface area contributed by atoms with Crippen molar-refractivity contribution in [1.82, 2.24) is 5.32 Å². The van der Waals surface area contributed by atoms with Crippen LogP contribution >= 0.6 is 11.8 Å². The van der Waals surface area contributed by atoms with Crippen molar-refractivity contribution in [3.63, 3.8) is 0 Å². The quantitative estimate of drug-likeness (QED) is 0.451. The summed E-state index contributed by atoms with van der Waals surface area (Å²) in [5, 5.41) is 3.41. The van der Waals surface area contributed by atoms with Gasteiger partial charge in [-0.1, -0.05) is 26.0 Å². The predicted molar refractivity (Wildman–Crippen MR) is 80.4 cm³/mol. The molecule has 1 N–H and O–H groups in total. The van der Waals surface area contributed by atoms with Gasteiger partial charge in [-0.2, -0.15) is 0 Å². The van der Waals surface area contributed by atoms with E-state index in [0.29, 0.717) is 12.5 Å². The Morgan fingerprint density at radius 3 is 2.89 bits per heavy atom. The Hall–Kier alpha value is -1.00. The zero-order valence-electron chi connectivity index (χ0n) is 11.9. The van der Waals surface area contributed by atoms with Crippen molar-refractivity contribution in [2.75, 3.05) is 12.9 Å². The third kappa shape index (κ3) is 7.23. The number of rotatable bonds is 8. The molecule has 0 spiro atoms. The summed E-state index contributed by atoms with van der Waals surface area (Å²) in [6.07, 6.45) is 1.35. The van der Waals surface area contributed by atoms with E-state index >= 15 is 0 Å². The van der Waals surface area contributed by atoms with Gasteiger partial charge in [0, 0.05) is 23.9 Å². The van der Waals surface area contributed by atoms with Crippen LogP contribution in [0.4, 0.5) is 0 Å². The second-order valence-electron chi connectivity index (χ2n) is 4.71. The van der Waals surface area contributed by atoms with Gasteiger partial charge >= 0.3 is 5.97 Å². The van der Waals surface area contributed by atoms with Gasteiger partial charge in [0.2, 0.25) is 0 Å². The molecule has 0 aliphatic heterocycles. The summed E-state index contributed by atoms with van der Waals surface area (Å²) in [6.45, 7) is 5.19. The van der Waals surface area contributed by atoms with Crippen molar-refractivity contribution in [1.29, 1.82) is 0 Å². The lowest BCUT2D eigenvalue weighted by Crippen LogP contribution is -2.21. The first-order valence-electron chi connectivity index (χ1n) is 6.63. The molecule has 4 heteroatoms. The molecule has 1 rings (SSSR count). The van der Waals surface area contributed by atoms with Gasteiger partial charge < -0.3 is 10.1 Å². The normalized spacial score (nSPS) is 10.7. The fraction of sp³-hybridized carbons (Fsp3) is 0.533. The molecular formula is C15H23NO2S. The Bertz CT molecular complexity index is 393. The van der Waals surface area contributed by atoms with Gasteiger partial charge in [-0.15, -0.1) is 11.8 Å². The molecule has 0 saturated carbocycles. The maximum Gasteiger partial charge on any atom is 0.305 e. The number of hydrogen-bond acceptors (Lipinski definition) is 4. The summed E-state index contributed by atoms with van der Waals surface area (Å²) in [4.78, 5) is 12.2. The van der Waals surface area contributed by atoms with Crippen molar-refractivity contribution in [2.24, 2.45) is 0 Å². The first kappa shape index (κ1) is 16.1. The second kappa shape index (κ2) is 8.99. The van der Waals surface area contributed by atoms with E-state index in [1.165, 1.54) is 17.6 Å². The van der Waals surface area contributed by atoms with Crippen molar-refractivity contribution in [3.8, 4) is 0 Å².